The average Bonchev–Trinajstić information content (AvgIpc) is 2.88. The van der Waals surface area contributed by atoms with Gasteiger partial charge in [-0.05, 0) is 35.8 Å². The maximum absolute atomic E-state index is 4.00. The number of piperidine rings is 1. The van der Waals surface area contributed by atoms with Crippen LogP contribution in [0.2, 0.25) is 0 Å². The topological polar surface area (TPSA) is 58.9 Å². The van der Waals surface area contributed by atoms with Gasteiger partial charge in [0.2, 0.25) is 5.95 Å². The van der Waals surface area contributed by atoms with Gasteiger partial charge in [-0.3, -0.25) is 4.90 Å². The van der Waals surface area contributed by atoms with E-state index in [-0.39, 0.29) is 0 Å². The van der Waals surface area contributed by atoms with Crippen LogP contribution in [-0.2, 0) is 13.6 Å². The van der Waals surface area contributed by atoms with Crippen LogP contribution < -0.4 is 5.32 Å². The summed E-state index contributed by atoms with van der Waals surface area (Å²) in [4.78, 5) is 2.54. The first-order valence-electron chi connectivity index (χ1n) is 7.49. The Labute approximate surface area is 125 Å². The van der Waals surface area contributed by atoms with Crippen LogP contribution in [0.5, 0.6) is 0 Å². The highest BCUT2D eigenvalue weighted by atomic mass is 15.6. The molecule has 21 heavy (non-hydrogen) atoms. The number of aryl methyl sites for hydroxylation is 1. The Kier molecular flexibility index (Phi) is 4.15. The monoisotopic (exact) mass is 286 g/mol. The van der Waals surface area contributed by atoms with Gasteiger partial charge in [0, 0.05) is 32.2 Å². The fraction of sp³-hybridized carbons (Fsp3) is 0.533. The fourth-order valence-electron chi connectivity index (χ4n) is 2.94. The average molecular weight is 286 g/mol. The smallest absolute Gasteiger partial charge is 0.242 e. The van der Waals surface area contributed by atoms with Gasteiger partial charge in [0.25, 0.3) is 0 Å². The molecule has 1 aromatic heterocycles. The molecule has 1 aliphatic rings. The first-order valence-corrected chi connectivity index (χ1v) is 7.49. The van der Waals surface area contributed by atoms with Crippen LogP contribution in [0, 0.1) is 0 Å². The second-order valence-corrected chi connectivity index (χ2v) is 5.80. The predicted octanol–water partition coefficient (Wildman–Crippen LogP) is 1.68. The standard InChI is InChI=1S/C15H22N6/c1-12-10-14(16-15-17-18-19-20(15)2)8-9-21(12)11-13-6-4-3-5-7-13/h3-7,12,14H,8-11H2,1-2H3,(H,16,17,19). The number of nitrogens with one attached hydrogen (secondary N) is 1. The van der Waals surface area contributed by atoms with E-state index in [2.05, 4.69) is 63.0 Å². The summed E-state index contributed by atoms with van der Waals surface area (Å²) >= 11 is 0. The van der Waals surface area contributed by atoms with E-state index in [1.54, 1.807) is 4.68 Å². The van der Waals surface area contributed by atoms with Crippen molar-refractivity contribution in [2.45, 2.75) is 38.4 Å². The van der Waals surface area contributed by atoms with E-state index in [1.165, 1.54) is 5.56 Å². The van der Waals surface area contributed by atoms with Crippen molar-refractivity contribution in [3.05, 3.63) is 35.9 Å². The summed E-state index contributed by atoms with van der Waals surface area (Å²) in [5.74, 6) is 0.753. The Bertz CT molecular complexity index is 567. The van der Waals surface area contributed by atoms with Crippen molar-refractivity contribution in [3.63, 3.8) is 0 Å². The lowest BCUT2D eigenvalue weighted by Crippen LogP contribution is -2.44. The molecule has 1 aromatic carbocycles. The maximum atomic E-state index is 4.00. The summed E-state index contributed by atoms with van der Waals surface area (Å²) in [7, 11) is 1.86. The highest BCUT2D eigenvalue weighted by molar-refractivity contribution is 5.24. The van der Waals surface area contributed by atoms with Crippen LogP contribution in [-0.4, -0.2) is 43.7 Å². The molecule has 3 rings (SSSR count). The highest BCUT2D eigenvalue weighted by Gasteiger charge is 2.26. The molecule has 2 atom stereocenters. The van der Waals surface area contributed by atoms with Gasteiger partial charge in [0.1, 0.15) is 0 Å². The highest BCUT2D eigenvalue weighted by Crippen LogP contribution is 2.21. The molecule has 1 fully saturated rings. The fourth-order valence-corrected chi connectivity index (χ4v) is 2.94. The van der Waals surface area contributed by atoms with Gasteiger partial charge < -0.3 is 5.32 Å². The zero-order valence-electron chi connectivity index (χ0n) is 12.6. The molecule has 0 spiro atoms. The van der Waals surface area contributed by atoms with Crippen LogP contribution in [0.1, 0.15) is 25.3 Å². The number of likely N-dealkylation sites (tertiary alicyclic amines) is 1. The number of tetrazole rings is 1. The van der Waals surface area contributed by atoms with E-state index in [4.69, 9.17) is 0 Å². The Balaban J connectivity index is 1.56. The maximum Gasteiger partial charge on any atom is 0.242 e. The van der Waals surface area contributed by atoms with E-state index < -0.39 is 0 Å². The van der Waals surface area contributed by atoms with Crippen molar-refractivity contribution in [3.8, 4) is 0 Å². The summed E-state index contributed by atoms with van der Waals surface area (Å²) in [5.41, 5.74) is 1.38. The van der Waals surface area contributed by atoms with Crippen LogP contribution in [0.4, 0.5) is 5.95 Å². The van der Waals surface area contributed by atoms with Gasteiger partial charge in [-0.1, -0.05) is 35.4 Å². The summed E-state index contributed by atoms with van der Waals surface area (Å²) < 4.78 is 1.68. The summed E-state index contributed by atoms with van der Waals surface area (Å²) in [6, 6.07) is 11.7. The normalized spacial score (nSPS) is 23.1. The summed E-state index contributed by atoms with van der Waals surface area (Å²) in [6.45, 7) is 4.42. The van der Waals surface area contributed by atoms with Crippen molar-refractivity contribution < 1.29 is 0 Å². The molecule has 0 radical (unpaired) electrons. The minimum atomic E-state index is 0.441. The third kappa shape index (κ3) is 3.39. The van der Waals surface area contributed by atoms with Gasteiger partial charge in [-0.15, -0.1) is 0 Å². The molecule has 1 aliphatic heterocycles. The molecule has 0 aliphatic carbocycles. The molecular weight excluding hydrogens is 264 g/mol. The van der Waals surface area contributed by atoms with Crippen LogP contribution >= 0.6 is 0 Å². The number of hydrogen-bond donors (Lipinski definition) is 1. The van der Waals surface area contributed by atoms with Crippen LogP contribution in [0.15, 0.2) is 30.3 Å². The Morgan fingerprint density at radius 2 is 2.10 bits per heavy atom. The SMILES string of the molecule is CC1CC(Nc2nnnn2C)CCN1Cc1ccccc1. The molecule has 1 N–H and O–H groups in total. The number of nitrogens with zero attached hydrogens (tertiary/aromatic N) is 5. The number of benzene rings is 1. The predicted molar refractivity (Wildman–Crippen MR) is 81.8 cm³/mol. The molecule has 6 nitrogen and oxygen atoms in total. The second kappa shape index (κ2) is 6.22. The molecule has 2 unspecified atom stereocenters. The van der Waals surface area contributed by atoms with Crippen molar-refractivity contribution >= 4 is 5.95 Å². The van der Waals surface area contributed by atoms with Crippen LogP contribution in [0.25, 0.3) is 0 Å². The van der Waals surface area contributed by atoms with E-state index in [9.17, 15) is 0 Å². The Hall–Kier alpha value is -1.95. The number of anilines is 1. The third-order valence-electron chi connectivity index (χ3n) is 4.20. The largest absolute Gasteiger partial charge is 0.350 e. The molecule has 2 heterocycles. The van der Waals surface area contributed by atoms with E-state index >= 15 is 0 Å². The van der Waals surface area contributed by atoms with Gasteiger partial charge in [-0.25, -0.2) is 4.68 Å². The van der Waals surface area contributed by atoms with Crippen molar-refractivity contribution in [2.75, 3.05) is 11.9 Å². The van der Waals surface area contributed by atoms with Gasteiger partial charge in [-0.2, -0.15) is 0 Å². The third-order valence-corrected chi connectivity index (χ3v) is 4.20. The first-order chi connectivity index (χ1) is 10.2. The molecule has 1 saturated heterocycles. The second-order valence-electron chi connectivity index (χ2n) is 5.80. The van der Waals surface area contributed by atoms with Crippen molar-refractivity contribution in [1.29, 1.82) is 0 Å². The van der Waals surface area contributed by atoms with Gasteiger partial charge >= 0.3 is 0 Å². The van der Waals surface area contributed by atoms with Crippen molar-refractivity contribution in [1.82, 2.24) is 25.1 Å². The Morgan fingerprint density at radius 3 is 2.76 bits per heavy atom. The zero-order chi connectivity index (χ0) is 14.7. The number of aromatic nitrogens is 4. The first kappa shape index (κ1) is 14.0. The van der Waals surface area contributed by atoms with E-state index in [0.717, 1.165) is 31.9 Å². The minimum absolute atomic E-state index is 0.441. The molecule has 2 aromatic rings. The van der Waals surface area contributed by atoms with Crippen LogP contribution in [0.3, 0.4) is 0 Å². The number of hydrogen-bond acceptors (Lipinski definition) is 5. The van der Waals surface area contributed by atoms with E-state index in [0.29, 0.717) is 12.1 Å². The molecular formula is C15H22N6. The van der Waals surface area contributed by atoms with Crippen molar-refractivity contribution in [2.24, 2.45) is 7.05 Å². The van der Waals surface area contributed by atoms with Gasteiger partial charge in [0.15, 0.2) is 0 Å². The lowest BCUT2D eigenvalue weighted by molar-refractivity contribution is 0.144. The summed E-state index contributed by atoms with van der Waals surface area (Å²) in [5, 5.41) is 15.0. The Morgan fingerprint density at radius 1 is 1.29 bits per heavy atom. The molecule has 112 valence electrons. The minimum Gasteiger partial charge on any atom is -0.350 e. The summed E-state index contributed by atoms with van der Waals surface area (Å²) in [6.07, 6.45) is 2.23. The lowest BCUT2D eigenvalue weighted by Gasteiger charge is -2.38. The molecule has 0 saturated carbocycles. The molecule has 0 amide bonds. The molecule has 0 bridgehead atoms. The van der Waals surface area contributed by atoms with Gasteiger partial charge in [0.05, 0.1) is 0 Å². The molecule has 6 heteroatoms. The lowest BCUT2D eigenvalue weighted by atomic mass is 9.97. The van der Waals surface area contributed by atoms with E-state index in [1.807, 2.05) is 7.05 Å². The number of rotatable bonds is 4. The quantitative estimate of drug-likeness (QED) is 0.926. The zero-order valence-corrected chi connectivity index (χ0v) is 12.6.